The molecular formula is C16H19N5. The summed E-state index contributed by atoms with van der Waals surface area (Å²) in [7, 11) is 3.94. The predicted molar refractivity (Wildman–Crippen MR) is 84.5 cm³/mol. The van der Waals surface area contributed by atoms with Gasteiger partial charge in [0.15, 0.2) is 0 Å². The average molecular weight is 281 g/mol. The van der Waals surface area contributed by atoms with Gasteiger partial charge in [0.1, 0.15) is 18.0 Å². The number of hydrogen-bond acceptors (Lipinski definition) is 4. The van der Waals surface area contributed by atoms with Crippen molar-refractivity contribution < 1.29 is 0 Å². The molecule has 1 aromatic carbocycles. The van der Waals surface area contributed by atoms with Crippen molar-refractivity contribution in [1.29, 1.82) is 0 Å². The molecule has 3 aromatic rings. The highest BCUT2D eigenvalue weighted by Gasteiger charge is 2.13. The van der Waals surface area contributed by atoms with Crippen molar-refractivity contribution >= 4 is 16.9 Å². The lowest BCUT2D eigenvalue weighted by atomic mass is 10.1. The molecule has 2 heterocycles. The topological polar surface area (TPSA) is 55.6 Å². The Labute approximate surface area is 124 Å². The molecule has 0 bridgehead atoms. The third-order valence-corrected chi connectivity index (χ3v) is 3.83. The van der Waals surface area contributed by atoms with E-state index in [0.717, 1.165) is 40.4 Å². The first-order valence-corrected chi connectivity index (χ1v) is 7.15. The van der Waals surface area contributed by atoms with E-state index in [0.29, 0.717) is 6.42 Å². The minimum atomic E-state index is 0.714. The van der Waals surface area contributed by atoms with Gasteiger partial charge < -0.3 is 9.88 Å². The molecule has 0 spiro atoms. The Bertz CT molecular complexity index is 775. The Kier molecular flexibility index (Phi) is 3.56. The third-order valence-electron chi connectivity index (χ3n) is 3.83. The van der Waals surface area contributed by atoms with Crippen LogP contribution in [0.15, 0.2) is 30.6 Å². The summed E-state index contributed by atoms with van der Waals surface area (Å²) in [5.74, 6) is 1.92. The van der Waals surface area contributed by atoms with Crippen LogP contribution in [0, 0.1) is 0 Å². The fourth-order valence-corrected chi connectivity index (χ4v) is 2.69. The fourth-order valence-electron chi connectivity index (χ4n) is 2.69. The maximum Gasteiger partial charge on any atom is 0.132 e. The van der Waals surface area contributed by atoms with E-state index >= 15 is 0 Å². The van der Waals surface area contributed by atoms with Crippen LogP contribution in [0.25, 0.3) is 11.0 Å². The summed E-state index contributed by atoms with van der Waals surface area (Å²) in [6.45, 7) is 2.12. The number of aromatic nitrogens is 4. The Morgan fingerprint density at radius 2 is 2.00 bits per heavy atom. The molecule has 0 unspecified atom stereocenters. The molecule has 1 N–H and O–H groups in total. The van der Waals surface area contributed by atoms with Crippen LogP contribution in [0.4, 0.5) is 5.82 Å². The van der Waals surface area contributed by atoms with Gasteiger partial charge in [0.2, 0.25) is 0 Å². The number of aryl methyl sites for hydroxylation is 1. The largest absolute Gasteiger partial charge is 0.373 e. The second-order valence-corrected chi connectivity index (χ2v) is 5.00. The second-order valence-electron chi connectivity index (χ2n) is 5.00. The number of benzene rings is 1. The second kappa shape index (κ2) is 5.52. The predicted octanol–water partition coefficient (Wildman–Crippen LogP) is 2.56. The molecule has 0 aliphatic heterocycles. The Balaban J connectivity index is 2.04. The van der Waals surface area contributed by atoms with Crippen LogP contribution in [0.3, 0.4) is 0 Å². The molecule has 5 nitrogen and oxygen atoms in total. The van der Waals surface area contributed by atoms with Crippen LogP contribution >= 0.6 is 0 Å². The van der Waals surface area contributed by atoms with E-state index in [4.69, 9.17) is 4.98 Å². The number of para-hydroxylation sites is 2. The van der Waals surface area contributed by atoms with Crippen LogP contribution in [-0.2, 0) is 19.9 Å². The summed E-state index contributed by atoms with van der Waals surface area (Å²) in [5, 5.41) is 3.14. The maximum absolute atomic E-state index is 4.72. The maximum atomic E-state index is 4.72. The minimum Gasteiger partial charge on any atom is -0.373 e. The molecule has 21 heavy (non-hydrogen) atoms. The molecule has 0 saturated carbocycles. The molecule has 0 amide bonds. The highest BCUT2D eigenvalue weighted by atomic mass is 15.1. The number of anilines is 1. The first-order valence-electron chi connectivity index (χ1n) is 7.15. The summed E-state index contributed by atoms with van der Waals surface area (Å²) < 4.78 is 2.13. The van der Waals surface area contributed by atoms with E-state index in [-0.39, 0.29) is 0 Å². The Morgan fingerprint density at radius 3 is 2.71 bits per heavy atom. The number of hydrogen-bond donors (Lipinski definition) is 1. The number of rotatable bonds is 4. The average Bonchev–Trinajstić information content (AvgIpc) is 2.83. The zero-order chi connectivity index (χ0) is 14.8. The molecule has 5 heteroatoms. The zero-order valence-electron chi connectivity index (χ0n) is 12.6. The van der Waals surface area contributed by atoms with Crippen LogP contribution in [0.5, 0.6) is 0 Å². The molecule has 108 valence electrons. The van der Waals surface area contributed by atoms with Gasteiger partial charge in [0.25, 0.3) is 0 Å². The molecule has 0 fully saturated rings. The Morgan fingerprint density at radius 1 is 1.19 bits per heavy atom. The van der Waals surface area contributed by atoms with Crippen molar-refractivity contribution in [1.82, 2.24) is 19.5 Å². The van der Waals surface area contributed by atoms with E-state index < -0.39 is 0 Å². The van der Waals surface area contributed by atoms with Gasteiger partial charge in [-0.2, -0.15) is 0 Å². The number of fused-ring (bicyclic) bond motifs is 1. The van der Waals surface area contributed by atoms with E-state index in [9.17, 15) is 0 Å². The standard InChI is InChI=1S/C16H19N5/c1-4-11-13(18-10-19-16(11)17-2)9-15-20-12-7-5-6-8-14(12)21(15)3/h5-8,10H,4,9H2,1-3H3,(H,17,18,19). The monoisotopic (exact) mass is 281 g/mol. The summed E-state index contributed by atoms with van der Waals surface area (Å²) >= 11 is 0. The highest BCUT2D eigenvalue weighted by molar-refractivity contribution is 5.75. The van der Waals surface area contributed by atoms with Gasteiger partial charge in [0, 0.05) is 26.1 Å². The highest BCUT2D eigenvalue weighted by Crippen LogP contribution is 2.20. The van der Waals surface area contributed by atoms with Gasteiger partial charge >= 0.3 is 0 Å². The Hall–Kier alpha value is -2.43. The lowest BCUT2D eigenvalue weighted by Crippen LogP contribution is -2.08. The first kappa shape index (κ1) is 13.5. The normalized spacial score (nSPS) is 11.0. The van der Waals surface area contributed by atoms with Gasteiger partial charge in [-0.15, -0.1) is 0 Å². The SMILES string of the molecule is CCc1c(Cc2nc3ccccc3n2C)ncnc1NC. The van der Waals surface area contributed by atoms with Crippen LogP contribution in [-0.4, -0.2) is 26.6 Å². The molecular weight excluding hydrogens is 262 g/mol. The fraction of sp³-hybridized carbons (Fsp3) is 0.312. The van der Waals surface area contributed by atoms with E-state index in [1.807, 2.05) is 25.2 Å². The van der Waals surface area contributed by atoms with Crippen molar-refractivity contribution in [3.8, 4) is 0 Å². The molecule has 0 atom stereocenters. The van der Waals surface area contributed by atoms with Gasteiger partial charge in [-0.1, -0.05) is 19.1 Å². The van der Waals surface area contributed by atoms with Crippen LogP contribution in [0.2, 0.25) is 0 Å². The zero-order valence-corrected chi connectivity index (χ0v) is 12.6. The van der Waals surface area contributed by atoms with Gasteiger partial charge in [-0.25, -0.2) is 15.0 Å². The molecule has 0 aliphatic rings. The summed E-state index contributed by atoms with van der Waals surface area (Å²) in [4.78, 5) is 13.5. The van der Waals surface area contributed by atoms with Crippen molar-refractivity contribution in [3.63, 3.8) is 0 Å². The number of imidazole rings is 1. The van der Waals surface area contributed by atoms with E-state index in [1.165, 1.54) is 0 Å². The van der Waals surface area contributed by atoms with Crippen molar-refractivity contribution in [2.45, 2.75) is 19.8 Å². The summed E-state index contributed by atoms with van der Waals surface area (Å²) in [6.07, 6.45) is 3.23. The number of nitrogens with zero attached hydrogens (tertiary/aromatic N) is 4. The smallest absolute Gasteiger partial charge is 0.132 e. The van der Waals surface area contributed by atoms with E-state index in [1.54, 1.807) is 6.33 Å². The van der Waals surface area contributed by atoms with Crippen molar-refractivity contribution in [2.75, 3.05) is 12.4 Å². The van der Waals surface area contributed by atoms with Gasteiger partial charge in [-0.05, 0) is 18.6 Å². The summed E-state index contributed by atoms with van der Waals surface area (Å²) in [6, 6.07) is 8.18. The quantitative estimate of drug-likeness (QED) is 0.798. The number of nitrogens with one attached hydrogen (secondary N) is 1. The molecule has 0 aliphatic carbocycles. The van der Waals surface area contributed by atoms with Crippen molar-refractivity contribution in [2.24, 2.45) is 7.05 Å². The lowest BCUT2D eigenvalue weighted by Gasteiger charge is -2.11. The summed E-state index contributed by atoms with van der Waals surface area (Å²) in [5.41, 5.74) is 4.37. The van der Waals surface area contributed by atoms with Gasteiger partial charge in [0.05, 0.1) is 16.7 Å². The minimum absolute atomic E-state index is 0.714. The van der Waals surface area contributed by atoms with Crippen LogP contribution in [0.1, 0.15) is 24.0 Å². The molecule has 0 saturated heterocycles. The molecule has 3 rings (SSSR count). The third kappa shape index (κ3) is 2.35. The molecule has 0 radical (unpaired) electrons. The van der Waals surface area contributed by atoms with Crippen LogP contribution < -0.4 is 5.32 Å². The molecule has 2 aromatic heterocycles. The lowest BCUT2D eigenvalue weighted by molar-refractivity contribution is 0.818. The van der Waals surface area contributed by atoms with Crippen molar-refractivity contribution in [3.05, 3.63) is 47.7 Å². The van der Waals surface area contributed by atoms with Gasteiger partial charge in [-0.3, -0.25) is 0 Å². The first-order chi connectivity index (χ1) is 10.2. The van der Waals surface area contributed by atoms with E-state index in [2.05, 4.69) is 39.9 Å².